The van der Waals surface area contributed by atoms with Crippen molar-refractivity contribution in [1.82, 2.24) is 0 Å². The number of nitro groups is 1. The maximum Gasteiger partial charge on any atom is 0.273 e. The highest BCUT2D eigenvalue weighted by Gasteiger charge is 2.29. The number of amides is 1. The summed E-state index contributed by atoms with van der Waals surface area (Å²) in [6.45, 7) is 3.26. The number of nitrogens with zero attached hydrogens (tertiary/aromatic N) is 1. The van der Waals surface area contributed by atoms with E-state index in [0.717, 1.165) is 18.9 Å². The Kier molecular flexibility index (Phi) is 4.88. The van der Waals surface area contributed by atoms with Crippen LogP contribution >= 0.6 is 0 Å². The van der Waals surface area contributed by atoms with E-state index in [0.29, 0.717) is 22.5 Å². The first-order valence-electron chi connectivity index (χ1n) is 8.37. The summed E-state index contributed by atoms with van der Waals surface area (Å²) in [4.78, 5) is 22.1. The molecule has 0 radical (unpaired) electrons. The molecular formula is C18H19N3O5S. The van der Waals surface area contributed by atoms with Crippen LogP contribution in [0.25, 0.3) is 0 Å². The molecule has 0 unspecified atom stereocenters. The Balaban J connectivity index is 1.88. The lowest BCUT2D eigenvalue weighted by Crippen LogP contribution is -2.16. The van der Waals surface area contributed by atoms with Crippen molar-refractivity contribution in [3.63, 3.8) is 0 Å². The van der Waals surface area contributed by atoms with Crippen molar-refractivity contribution in [2.24, 2.45) is 5.92 Å². The summed E-state index contributed by atoms with van der Waals surface area (Å²) in [6.07, 6.45) is 1.73. The number of sulfonamides is 1. The molecule has 8 nitrogen and oxygen atoms in total. The third-order valence-corrected chi connectivity index (χ3v) is 5.75. The molecule has 0 spiro atoms. The molecule has 0 bridgehead atoms. The van der Waals surface area contributed by atoms with Gasteiger partial charge in [0.2, 0.25) is 5.91 Å². The Morgan fingerprint density at radius 1 is 1.11 bits per heavy atom. The number of rotatable bonds is 6. The molecule has 0 heterocycles. The zero-order chi connectivity index (χ0) is 19.8. The Morgan fingerprint density at radius 3 is 2.41 bits per heavy atom. The van der Waals surface area contributed by atoms with Crippen molar-refractivity contribution >= 4 is 33.0 Å². The van der Waals surface area contributed by atoms with Gasteiger partial charge in [-0.1, -0.05) is 12.1 Å². The Hall–Kier alpha value is -2.94. The third kappa shape index (κ3) is 4.25. The number of benzene rings is 2. The number of anilines is 2. The molecule has 0 saturated heterocycles. The van der Waals surface area contributed by atoms with Crippen molar-refractivity contribution in [3.8, 4) is 0 Å². The van der Waals surface area contributed by atoms with Gasteiger partial charge in [-0.2, -0.15) is 0 Å². The molecule has 2 aromatic rings. The third-order valence-electron chi connectivity index (χ3n) is 4.39. The summed E-state index contributed by atoms with van der Waals surface area (Å²) in [6, 6.07) is 8.67. The van der Waals surface area contributed by atoms with E-state index in [1.54, 1.807) is 19.1 Å². The van der Waals surface area contributed by atoms with E-state index in [4.69, 9.17) is 0 Å². The van der Waals surface area contributed by atoms with E-state index in [2.05, 4.69) is 10.0 Å². The number of carbonyl (C=O) groups is 1. The smallest absolute Gasteiger partial charge is 0.273 e. The van der Waals surface area contributed by atoms with Crippen LogP contribution in [-0.4, -0.2) is 19.2 Å². The molecule has 1 fully saturated rings. The van der Waals surface area contributed by atoms with E-state index in [1.807, 2.05) is 0 Å². The highest BCUT2D eigenvalue weighted by molar-refractivity contribution is 7.92. The topological polar surface area (TPSA) is 118 Å². The molecule has 2 N–H and O–H groups in total. The zero-order valence-corrected chi connectivity index (χ0v) is 15.7. The molecule has 9 heteroatoms. The SMILES string of the molecule is Cc1ccc(NC(=O)C2CC2)cc1NS(=O)(=O)c1ccc(C)c([N+](=O)[O-])c1. The molecule has 1 amide bonds. The van der Waals surface area contributed by atoms with Crippen molar-refractivity contribution in [2.75, 3.05) is 10.0 Å². The Morgan fingerprint density at radius 2 is 1.78 bits per heavy atom. The second kappa shape index (κ2) is 6.99. The van der Waals surface area contributed by atoms with Crippen LogP contribution in [0.2, 0.25) is 0 Å². The monoisotopic (exact) mass is 389 g/mol. The first-order chi connectivity index (χ1) is 12.7. The van der Waals surface area contributed by atoms with E-state index in [1.165, 1.54) is 25.1 Å². The molecule has 0 aliphatic heterocycles. The van der Waals surface area contributed by atoms with Gasteiger partial charge in [0, 0.05) is 23.2 Å². The molecule has 3 rings (SSSR count). The normalized spacial score (nSPS) is 13.9. The zero-order valence-electron chi connectivity index (χ0n) is 14.9. The molecular weight excluding hydrogens is 370 g/mol. The van der Waals surface area contributed by atoms with Crippen LogP contribution in [-0.2, 0) is 14.8 Å². The molecule has 1 aliphatic carbocycles. The maximum atomic E-state index is 12.7. The fourth-order valence-corrected chi connectivity index (χ4v) is 3.70. The van der Waals surface area contributed by atoms with Crippen LogP contribution < -0.4 is 10.0 Å². The van der Waals surface area contributed by atoms with Crippen LogP contribution in [0, 0.1) is 29.9 Å². The number of nitrogens with one attached hydrogen (secondary N) is 2. The predicted octanol–water partition coefficient (Wildman–Crippen LogP) is 3.36. The van der Waals surface area contributed by atoms with Crippen LogP contribution in [0.5, 0.6) is 0 Å². The van der Waals surface area contributed by atoms with Gasteiger partial charge in [-0.15, -0.1) is 0 Å². The number of hydrogen-bond acceptors (Lipinski definition) is 5. The minimum Gasteiger partial charge on any atom is -0.326 e. The van der Waals surface area contributed by atoms with Crippen LogP contribution in [0.4, 0.5) is 17.1 Å². The van der Waals surface area contributed by atoms with Gasteiger partial charge in [0.1, 0.15) is 0 Å². The largest absolute Gasteiger partial charge is 0.326 e. The average Bonchev–Trinajstić information content (AvgIpc) is 3.42. The van der Waals surface area contributed by atoms with Gasteiger partial charge in [0.25, 0.3) is 15.7 Å². The van der Waals surface area contributed by atoms with Crippen LogP contribution in [0.15, 0.2) is 41.3 Å². The quantitative estimate of drug-likeness (QED) is 0.580. The van der Waals surface area contributed by atoms with E-state index in [-0.39, 0.29) is 22.4 Å². The Labute approximate surface area is 156 Å². The molecule has 0 atom stereocenters. The van der Waals surface area contributed by atoms with Gasteiger partial charge >= 0.3 is 0 Å². The highest BCUT2D eigenvalue weighted by atomic mass is 32.2. The van der Waals surface area contributed by atoms with Crippen molar-refractivity contribution in [3.05, 3.63) is 57.6 Å². The van der Waals surface area contributed by atoms with Gasteiger partial charge in [0.15, 0.2) is 0 Å². The second-order valence-corrected chi connectivity index (χ2v) is 8.29. The average molecular weight is 389 g/mol. The number of hydrogen-bond donors (Lipinski definition) is 2. The Bertz CT molecular complexity index is 1030. The van der Waals surface area contributed by atoms with Crippen molar-refractivity contribution < 1.29 is 18.1 Å². The summed E-state index contributed by atoms with van der Waals surface area (Å²) in [5.41, 5.74) is 1.56. The van der Waals surface area contributed by atoms with Crippen LogP contribution in [0.1, 0.15) is 24.0 Å². The predicted molar refractivity (Wildman–Crippen MR) is 101 cm³/mol. The lowest BCUT2D eigenvalue weighted by Gasteiger charge is -2.13. The van der Waals surface area contributed by atoms with Gasteiger partial charge in [-0.25, -0.2) is 8.42 Å². The van der Waals surface area contributed by atoms with E-state index in [9.17, 15) is 23.3 Å². The summed E-state index contributed by atoms with van der Waals surface area (Å²) < 4.78 is 27.8. The maximum absolute atomic E-state index is 12.7. The molecule has 1 saturated carbocycles. The molecule has 27 heavy (non-hydrogen) atoms. The van der Waals surface area contributed by atoms with Gasteiger partial charge in [0.05, 0.1) is 15.5 Å². The van der Waals surface area contributed by atoms with E-state index < -0.39 is 14.9 Å². The van der Waals surface area contributed by atoms with Gasteiger partial charge in [-0.05, 0) is 50.5 Å². The lowest BCUT2D eigenvalue weighted by atomic mass is 10.2. The first kappa shape index (κ1) is 18.8. The fourth-order valence-electron chi connectivity index (χ4n) is 2.56. The minimum atomic E-state index is -4.02. The molecule has 142 valence electrons. The summed E-state index contributed by atoms with van der Waals surface area (Å²) in [5.74, 6) is -0.0543. The van der Waals surface area contributed by atoms with Crippen molar-refractivity contribution in [1.29, 1.82) is 0 Å². The summed E-state index contributed by atoms with van der Waals surface area (Å²) in [7, 11) is -4.02. The highest BCUT2D eigenvalue weighted by Crippen LogP contribution is 2.31. The number of aryl methyl sites for hydroxylation is 2. The first-order valence-corrected chi connectivity index (χ1v) is 9.85. The molecule has 1 aliphatic rings. The lowest BCUT2D eigenvalue weighted by molar-refractivity contribution is -0.385. The molecule has 2 aromatic carbocycles. The standard InChI is InChI=1S/C18H19N3O5S/c1-11-3-7-14(19-18(22)13-5-6-13)9-16(11)20-27(25,26)15-8-4-12(2)17(10-15)21(23)24/h3-4,7-10,13,20H,5-6H2,1-2H3,(H,19,22). The fraction of sp³-hybridized carbons (Fsp3) is 0.278. The summed E-state index contributed by atoms with van der Waals surface area (Å²) in [5, 5.41) is 13.8. The number of carbonyl (C=O) groups excluding carboxylic acids is 1. The second-order valence-electron chi connectivity index (χ2n) is 6.60. The summed E-state index contributed by atoms with van der Waals surface area (Å²) >= 11 is 0. The van der Waals surface area contributed by atoms with Gasteiger partial charge < -0.3 is 5.32 Å². The van der Waals surface area contributed by atoms with Gasteiger partial charge in [-0.3, -0.25) is 19.6 Å². The number of nitro benzene ring substituents is 1. The minimum absolute atomic E-state index is 0.0274. The van der Waals surface area contributed by atoms with E-state index >= 15 is 0 Å². The van der Waals surface area contributed by atoms with Crippen molar-refractivity contribution in [2.45, 2.75) is 31.6 Å². The molecule has 0 aromatic heterocycles. The van der Waals surface area contributed by atoms with Crippen LogP contribution in [0.3, 0.4) is 0 Å².